The Balaban J connectivity index is 1.25. The molecule has 2 saturated heterocycles. The number of ether oxygens (including phenoxy) is 3. The molecule has 3 aromatic heterocycles. The number of hydrogen-bond donors (Lipinski definition) is 1. The molecule has 0 atom stereocenters. The molecule has 2 aliphatic heterocycles. The van der Waals surface area contributed by atoms with E-state index in [1.165, 1.54) is 6.33 Å². The third kappa shape index (κ3) is 4.75. The number of hydrogen-bond acceptors (Lipinski definition) is 10. The summed E-state index contributed by atoms with van der Waals surface area (Å²) in [5, 5.41) is 9.74. The van der Waals surface area contributed by atoms with Crippen LogP contribution in [-0.4, -0.2) is 70.5 Å². The molecule has 1 spiro atoms. The lowest BCUT2D eigenvalue weighted by Crippen LogP contribution is -2.53. The fraction of sp³-hybridized carbons (Fsp3) is 0.346. The number of nitrogen functional groups attached to an aromatic ring is 1. The molecule has 6 rings (SSSR count). The predicted octanol–water partition coefficient (Wildman–Crippen LogP) is 3.85. The van der Waals surface area contributed by atoms with Crippen LogP contribution in [0.25, 0.3) is 33.5 Å². The highest BCUT2D eigenvalue weighted by molar-refractivity contribution is 9.10. The maximum atomic E-state index is 6.23. The monoisotopic (exact) mass is 563 g/mol. The van der Waals surface area contributed by atoms with Gasteiger partial charge in [0.25, 0.3) is 0 Å². The number of aromatic nitrogens is 5. The van der Waals surface area contributed by atoms with Gasteiger partial charge in [0.1, 0.15) is 23.9 Å². The van der Waals surface area contributed by atoms with Crippen LogP contribution in [-0.2, 0) is 14.2 Å². The van der Waals surface area contributed by atoms with Crippen molar-refractivity contribution >= 4 is 38.6 Å². The summed E-state index contributed by atoms with van der Waals surface area (Å²) < 4.78 is 18.3. The number of rotatable bonds is 4. The Morgan fingerprint density at radius 1 is 1.03 bits per heavy atom. The minimum absolute atomic E-state index is 0.00221. The molecule has 190 valence electrons. The number of piperidine rings is 1. The molecule has 5 heterocycles. The van der Waals surface area contributed by atoms with Crippen LogP contribution in [0.5, 0.6) is 0 Å². The van der Waals surface area contributed by atoms with Crippen molar-refractivity contribution in [2.45, 2.75) is 24.7 Å². The molecule has 2 aliphatic rings. The van der Waals surface area contributed by atoms with E-state index in [9.17, 15) is 0 Å². The zero-order valence-corrected chi connectivity index (χ0v) is 21.9. The summed E-state index contributed by atoms with van der Waals surface area (Å²) in [6.45, 7) is 2.65. The van der Waals surface area contributed by atoms with Gasteiger partial charge in [-0.1, -0.05) is 28.1 Å². The van der Waals surface area contributed by atoms with E-state index in [0.29, 0.717) is 41.5 Å². The summed E-state index contributed by atoms with van der Waals surface area (Å²) in [7, 11) is 1.68. The van der Waals surface area contributed by atoms with Gasteiger partial charge in [-0.05, 0) is 41.5 Å². The first-order valence-corrected chi connectivity index (χ1v) is 12.9. The highest BCUT2D eigenvalue weighted by Crippen LogP contribution is 2.35. The fourth-order valence-electron chi connectivity index (χ4n) is 4.81. The average Bonchev–Trinajstić information content (AvgIpc) is 2.94. The van der Waals surface area contributed by atoms with Crippen LogP contribution in [0.2, 0.25) is 0 Å². The van der Waals surface area contributed by atoms with Crippen molar-refractivity contribution in [1.29, 1.82) is 0 Å². The maximum absolute atomic E-state index is 6.23. The van der Waals surface area contributed by atoms with Crippen LogP contribution in [0.3, 0.4) is 0 Å². The molecule has 0 aliphatic carbocycles. The Hall–Kier alpha value is -3.25. The molecule has 2 fully saturated rings. The first kappa shape index (κ1) is 24.1. The minimum atomic E-state index is -0.527. The predicted molar refractivity (Wildman–Crippen MR) is 143 cm³/mol. The molecule has 4 aromatic rings. The van der Waals surface area contributed by atoms with E-state index < -0.39 is 5.79 Å². The van der Waals surface area contributed by atoms with E-state index >= 15 is 0 Å². The van der Waals surface area contributed by atoms with Gasteiger partial charge < -0.3 is 24.8 Å². The number of halogens is 1. The van der Waals surface area contributed by atoms with Crippen LogP contribution >= 0.6 is 15.9 Å². The molecular formula is C26H26BrN7O3. The summed E-state index contributed by atoms with van der Waals surface area (Å²) in [5.41, 5.74) is 9.91. The van der Waals surface area contributed by atoms with Crippen LogP contribution in [0.4, 0.5) is 11.6 Å². The van der Waals surface area contributed by atoms with E-state index in [2.05, 4.69) is 41.0 Å². The molecule has 0 radical (unpaired) electrons. The number of nitrogens with two attached hydrogens (primary N) is 1. The van der Waals surface area contributed by atoms with Crippen molar-refractivity contribution in [3.63, 3.8) is 0 Å². The highest BCUT2D eigenvalue weighted by Gasteiger charge is 2.41. The second kappa shape index (κ2) is 9.90. The molecule has 2 N–H and O–H groups in total. The fourth-order valence-corrected chi connectivity index (χ4v) is 5.21. The van der Waals surface area contributed by atoms with Gasteiger partial charge in [0.2, 0.25) is 0 Å². The highest BCUT2D eigenvalue weighted by atomic mass is 79.9. The van der Waals surface area contributed by atoms with E-state index in [1.54, 1.807) is 7.11 Å². The Bertz CT molecular complexity index is 1420. The van der Waals surface area contributed by atoms with Crippen LogP contribution in [0.1, 0.15) is 12.8 Å². The van der Waals surface area contributed by atoms with Gasteiger partial charge in [-0.2, -0.15) is 0 Å². The van der Waals surface area contributed by atoms with Crippen molar-refractivity contribution in [2.75, 3.05) is 44.0 Å². The lowest BCUT2D eigenvalue weighted by molar-refractivity contribution is -0.302. The summed E-state index contributed by atoms with van der Waals surface area (Å²) in [6.07, 6.45) is 2.94. The number of nitrogens with zero attached hydrogens (tertiary/aromatic N) is 6. The topological polar surface area (TPSA) is 121 Å². The number of anilines is 2. The molecule has 37 heavy (non-hydrogen) atoms. The molecule has 0 unspecified atom stereocenters. The zero-order chi connectivity index (χ0) is 25.4. The SMILES string of the molecule is COC1COC2(CCN(c3ccc(-c4cc(-c5cccc(Br)c5)c5c(N)ncnc5n4)nn3)CC2)OC1. The molecule has 0 saturated carbocycles. The summed E-state index contributed by atoms with van der Waals surface area (Å²) in [6, 6.07) is 13.9. The third-order valence-electron chi connectivity index (χ3n) is 6.93. The number of pyridine rings is 1. The minimum Gasteiger partial charge on any atom is -0.383 e. The van der Waals surface area contributed by atoms with Crippen LogP contribution < -0.4 is 10.6 Å². The normalized spacial score (nSPS) is 17.9. The molecule has 0 bridgehead atoms. The Morgan fingerprint density at radius 3 is 2.54 bits per heavy atom. The largest absolute Gasteiger partial charge is 0.383 e. The maximum Gasteiger partial charge on any atom is 0.171 e. The van der Waals surface area contributed by atoms with Crippen molar-refractivity contribution in [1.82, 2.24) is 25.1 Å². The number of fused-ring (bicyclic) bond motifs is 1. The molecule has 0 amide bonds. The Morgan fingerprint density at radius 2 is 1.84 bits per heavy atom. The average molecular weight is 564 g/mol. The molecule has 1 aromatic carbocycles. The van der Waals surface area contributed by atoms with Crippen molar-refractivity contribution < 1.29 is 14.2 Å². The van der Waals surface area contributed by atoms with E-state index in [0.717, 1.165) is 47.3 Å². The van der Waals surface area contributed by atoms with Crippen molar-refractivity contribution in [2.24, 2.45) is 0 Å². The van der Waals surface area contributed by atoms with Gasteiger partial charge in [-0.25, -0.2) is 15.0 Å². The van der Waals surface area contributed by atoms with Gasteiger partial charge in [-0.3, -0.25) is 0 Å². The van der Waals surface area contributed by atoms with Crippen molar-refractivity contribution in [3.8, 4) is 22.5 Å². The quantitative estimate of drug-likeness (QED) is 0.391. The first-order chi connectivity index (χ1) is 18.0. The van der Waals surface area contributed by atoms with Gasteiger partial charge >= 0.3 is 0 Å². The van der Waals surface area contributed by atoms with Crippen molar-refractivity contribution in [3.05, 3.63) is 53.3 Å². The second-order valence-electron chi connectivity index (χ2n) is 9.18. The number of benzene rings is 1. The lowest BCUT2D eigenvalue weighted by atomic mass is 10.0. The summed E-state index contributed by atoms with van der Waals surface area (Å²) in [4.78, 5) is 15.5. The second-order valence-corrected chi connectivity index (χ2v) is 10.1. The smallest absolute Gasteiger partial charge is 0.171 e. The molecule has 10 nitrogen and oxygen atoms in total. The standard InChI is InChI=1S/C26H26BrN7O3/c1-35-18-13-36-26(37-14-18)7-9-34(10-8-26)22-6-5-20(32-33-22)21-12-19(16-3-2-4-17(27)11-16)23-24(28)29-15-30-25(23)31-21/h2-6,11-12,15,18H,7-10,13-14H2,1H3,(H2,28,29,30,31). The van der Waals surface area contributed by atoms with E-state index in [-0.39, 0.29) is 6.10 Å². The lowest BCUT2D eigenvalue weighted by Gasteiger charge is -2.45. The van der Waals surface area contributed by atoms with Crippen LogP contribution in [0, 0.1) is 0 Å². The molecule has 11 heteroatoms. The van der Waals surface area contributed by atoms with E-state index in [1.807, 2.05) is 42.5 Å². The van der Waals surface area contributed by atoms with Gasteiger partial charge in [0.15, 0.2) is 17.3 Å². The van der Waals surface area contributed by atoms with Gasteiger partial charge in [-0.15, -0.1) is 10.2 Å². The van der Waals surface area contributed by atoms with E-state index in [4.69, 9.17) is 24.9 Å². The summed E-state index contributed by atoms with van der Waals surface area (Å²) in [5.74, 6) is 0.663. The van der Waals surface area contributed by atoms with Crippen LogP contribution in [0.15, 0.2) is 53.3 Å². The zero-order valence-electron chi connectivity index (χ0n) is 20.3. The third-order valence-corrected chi connectivity index (χ3v) is 7.42. The van der Waals surface area contributed by atoms with Gasteiger partial charge in [0, 0.05) is 37.5 Å². The summed E-state index contributed by atoms with van der Waals surface area (Å²) >= 11 is 3.55. The Kier molecular flexibility index (Phi) is 6.45. The first-order valence-electron chi connectivity index (χ1n) is 12.1. The number of methoxy groups -OCH3 is 1. The Labute approximate surface area is 222 Å². The molecular weight excluding hydrogens is 538 g/mol. The van der Waals surface area contributed by atoms with Gasteiger partial charge in [0.05, 0.1) is 24.3 Å².